The molecule has 6 nitrogen and oxygen atoms in total. The van der Waals surface area contributed by atoms with Crippen molar-refractivity contribution in [3.63, 3.8) is 0 Å². The van der Waals surface area contributed by atoms with E-state index in [1.54, 1.807) is 0 Å². The first-order chi connectivity index (χ1) is 44.0. The molecule has 0 aromatic rings. The predicted octanol–water partition coefficient (Wildman–Crippen LogP) is 27.4. The zero-order valence-corrected chi connectivity index (χ0v) is 61.0. The Balaban J connectivity index is 3.33. The highest BCUT2D eigenvalue weighted by Gasteiger charge is 2.20. The molecule has 0 aromatic heterocycles. The number of carbonyl (C=O) groups is 2. The average molecular weight is 1260 g/mol. The van der Waals surface area contributed by atoms with Gasteiger partial charge in [-0.15, -0.1) is 0 Å². The van der Waals surface area contributed by atoms with Gasteiger partial charge in [-0.2, -0.15) is 0 Å². The molecule has 0 aliphatic heterocycles. The lowest BCUT2D eigenvalue weighted by atomic mass is 10.0. The molecule has 6 heteroatoms. The number of aliphatic hydroxyl groups excluding tert-OH is 2. The number of ether oxygens (including phenoxy) is 1. The first-order valence-electron chi connectivity index (χ1n) is 41.4. The van der Waals surface area contributed by atoms with Crippen molar-refractivity contribution < 1.29 is 24.5 Å². The summed E-state index contributed by atoms with van der Waals surface area (Å²) in [5, 5.41) is 23.5. The SMILES string of the molecule is CCCCCCCCCCCCCCCCCCCCCCCCC(O)C(CO)NC(=O)CCCCCCCCCCCCCCCCCCC/C=C\CCCCCCCCCCCCCCCCOC(=O)CCCCCCCCCCCCCCCCC. The van der Waals surface area contributed by atoms with Gasteiger partial charge in [-0.1, -0.05) is 431 Å². The topological polar surface area (TPSA) is 95.9 Å². The van der Waals surface area contributed by atoms with Gasteiger partial charge in [-0.25, -0.2) is 0 Å². The lowest BCUT2D eigenvalue weighted by Gasteiger charge is -2.22. The van der Waals surface area contributed by atoms with Gasteiger partial charge in [0.05, 0.1) is 25.4 Å². The van der Waals surface area contributed by atoms with Gasteiger partial charge in [-0.05, 0) is 51.4 Å². The van der Waals surface area contributed by atoms with Crippen LogP contribution in [0.1, 0.15) is 483 Å². The molecule has 0 radical (unpaired) electrons. The van der Waals surface area contributed by atoms with Crippen LogP contribution >= 0.6 is 0 Å². The lowest BCUT2D eigenvalue weighted by molar-refractivity contribution is -0.143. The van der Waals surface area contributed by atoms with Gasteiger partial charge >= 0.3 is 5.97 Å². The number of esters is 1. The van der Waals surface area contributed by atoms with Crippen molar-refractivity contribution in [2.45, 2.75) is 495 Å². The van der Waals surface area contributed by atoms with E-state index < -0.39 is 12.1 Å². The Kier molecular flexibility index (Phi) is 77.8. The van der Waals surface area contributed by atoms with Gasteiger partial charge < -0.3 is 20.3 Å². The van der Waals surface area contributed by atoms with E-state index in [2.05, 4.69) is 31.3 Å². The van der Waals surface area contributed by atoms with Crippen molar-refractivity contribution >= 4 is 11.9 Å². The summed E-state index contributed by atoms with van der Waals surface area (Å²) in [6.45, 7) is 5.02. The Morgan fingerprint density at radius 1 is 0.303 bits per heavy atom. The molecule has 2 unspecified atom stereocenters. The van der Waals surface area contributed by atoms with Crippen molar-refractivity contribution in [1.29, 1.82) is 0 Å². The van der Waals surface area contributed by atoms with Crippen molar-refractivity contribution in [1.82, 2.24) is 5.32 Å². The molecule has 3 N–H and O–H groups in total. The second-order valence-electron chi connectivity index (χ2n) is 28.8. The monoisotopic (exact) mass is 1250 g/mol. The summed E-state index contributed by atoms with van der Waals surface area (Å²) < 4.78 is 5.51. The molecule has 530 valence electrons. The molecule has 0 saturated carbocycles. The van der Waals surface area contributed by atoms with Crippen LogP contribution in [0.4, 0.5) is 0 Å². The number of aliphatic hydroxyl groups is 2. The third kappa shape index (κ3) is 75.5. The summed E-state index contributed by atoms with van der Waals surface area (Å²) in [5.74, 6) is -0.000827. The Hall–Kier alpha value is -1.40. The maximum atomic E-state index is 12.6. The molecular weight excluding hydrogens is 1090 g/mol. The minimum Gasteiger partial charge on any atom is -0.466 e. The van der Waals surface area contributed by atoms with Crippen molar-refractivity contribution in [3.8, 4) is 0 Å². The summed E-state index contributed by atoms with van der Waals surface area (Å²) in [4.78, 5) is 24.7. The average Bonchev–Trinajstić information content (AvgIpc) is 3.57. The quantitative estimate of drug-likeness (QED) is 0.0320. The van der Waals surface area contributed by atoms with Gasteiger partial charge in [0.25, 0.3) is 0 Å². The Morgan fingerprint density at radius 3 is 0.798 bits per heavy atom. The van der Waals surface area contributed by atoms with Crippen LogP contribution < -0.4 is 5.32 Å². The molecule has 89 heavy (non-hydrogen) atoms. The number of carbonyl (C=O) groups excluding carboxylic acids is 2. The second-order valence-corrected chi connectivity index (χ2v) is 28.8. The Morgan fingerprint density at radius 2 is 0.528 bits per heavy atom. The number of rotatable bonds is 79. The Bertz CT molecular complexity index is 1350. The third-order valence-corrected chi connectivity index (χ3v) is 19.8. The molecule has 2 atom stereocenters. The van der Waals surface area contributed by atoms with Crippen LogP contribution in [0.3, 0.4) is 0 Å². The van der Waals surface area contributed by atoms with E-state index in [0.717, 1.165) is 38.5 Å². The van der Waals surface area contributed by atoms with E-state index >= 15 is 0 Å². The Labute approximate surface area is 559 Å². The van der Waals surface area contributed by atoms with Gasteiger partial charge in [0, 0.05) is 12.8 Å². The summed E-state index contributed by atoms with van der Waals surface area (Å²) in [6, 6.07) is -0.539. The highest BCUT2D eigenvalue weighted by molar-refractivity contribution is 5.76. The first-order valence-corrected chi connectivity index (χ1v) is 41.4. The smallest absolute Gasteiger partial charge is 0.305 e. The van der Waals surface area contributed by atoms with Crippen molar-refractivity contribution in [2.24, 2.45) is 0 Å². The number of allylic oxidation sites excluding steroid dienone is 2. The van der Waals surface area contributed by atoms with E-state index in [-0.39, 0.29) is 18.5 Å². The molecule has 0 heterocycles. The van der Waals surface area contributed by atoms with Crippen LogP contribution in [0.5, 0.6) is 0 Å². The van der Waals surface area contributed by atoms with E-state index in [9.17, 15) is 19.8 Å². The van der Waals surface area contributed by atoms with Gasteiger partial charge in [0.2, 0.25) is 5.91 Å². The zero-order valence-electron chi connectivity index (χ0n) is 61.0. The molecular formula is C83H163NO5. The number of amides is 1. The molecule has 0 saturated heterocycles. The molecule has 0 rings (SSSR count). The molecule has 0 aromatic carbocycles. The maximum absolute atomic E-state index is 12.6. The van der Waals surface area contributed by atoms with E-state index in [0.29, 0.717) is 25.9 Å². The van der Waals surface area contributed by atoms with E-state index in [1.807, 2.05) is 0 Å². The van der Waals surface area contributed by atoms with Gasteiger partial charge in [0.15, 0.2) is 0 Å². The number of hydrogen-bond acceptors (Lipinski definition) is 5. The molecule has 0 fully saturated rings. The molecule has 0 bridgehead atoms. The summed E-state index contributed by atoms with van der Waals surface area (Å²) in [6.07, 6.45) is 100. The fourth-order valence-electron chi connectivity index (χ4n) is 13.5. The number of unbranched alkanes of at least 4 members (excludes halogenated alkanes) is 66. The largest absolute Gasteiger partial charge is 0.466 e. The first kappa shape index (κ1) is 87.6. The van der Waals surface area contributed by atoms with Gasteiger partial charge in [0.1, 0.15) is 0 Å². The summed E-state index contributed by atoms with van der Waals surface area (Å²) in [7, 11) is 0. The molecule has 0 spiro atoms. The van der Waals surface area contributed by atoms with E-state index in [1.165, 1.54) is 411 Å². The third-order valence-electron chi connectivity index (χ3n) is 19.8. The highest BCUT2D eigenvalue weighted by atomic mass is 16.5. The minimum absolute atomic E-state index is 0.0245. The summed E-state index contributed by atoms with van der Waals surface area (Å²) in [5.41, 5.74) is 0. The van der Waals surface area contributed by atoms with Crippen LogP contribution in [0.15, 0.2) is 12.2 Å². The van der Waals surface area contributed by atoms with Crippen LogP contribution in [-0.4, -0.2) is 47.4 Å². The van der Waals surface area contributed by atoms with E-state index in [4.69, 9.17) is 4.74 Å². The second kappa shape index (κ2) is 79.0. The molecule has 0 aliphatic rings. The van der Waals surface area contributed by atoms with Crippen LogP contribution in [-0.2, 0) is 14.3 Å². The predicted molar refractivity (Wildman–Crippen MR) is 394 cm³/mol. The van der Waals surface area contributed by atoms with Crippen LogP contribution in [0, 0.1) is 0 Å². The standard InChI is InChI=1S/C83H163NO5/c1-3-5-7-9-11-13-15-17-19-20-21-22-38-41-44-48-51-55-59-63-67-71-75-81(86)80(79-85)84-82(87)76-72-68-64-60-56-52-49-45-42-39-36-34-32-30-28-26-24-23-25-27-29-31-33-35-37-40-43-46-50-54-58-62-66-70-74-78-89-83(88)77-73-69-65-61-57-53-47-18-16-14-12-10-8-6-4-2/h25,27,80-81,85-86H,3-24,26,28-79H2,1-2H3,(H,84,87)/b27-25-. The van der Waals surface area contributed by atoms with Crippen LogP contribution in [0.25, 0.3) is 0 Å². The fraction of sp³-hybridized carbons (Fsp3) is 0.952. The van der Waals surface area contributed by atoms with Crippen molar-refractivity contribution in [3.05, 3.63) is 12.2 Å². The fourth-order valence-corrected chi connectivity index (χ4v) is 13.5. The summed E-state index contributed by atoms with van der Waals surface area (Å²) >= 11 is 0. The number of nitrogens with one attached hydrogen (secondary N) is 1. The lowest BCUT2D eigenvalue weighted by Crippen LogP contribution is -2.45. The molecule has 1 amide bonds. The van der Waals surface area contributed by atoms with Crippen molar-refractivity contribution in [2.75, 3.05) is 13.2 Å². The maximum Gasteiger partial charge on any atom is 0.305 e. The van der Waals surface area contributed by atoms with Gasteiger partial charge in [-0.3, -0.25) is 9.59 Å². The minimum atomic E-state index is -0.662. The molecule has 0 aliphatic carbocycles. The van der Waals surface area contributed by atoms with Crippen LogP contribution in [0.2, 0.25) is 0 Å². The zero-order chi connectivity index (χ0) is 64.2. The highest BCUT2D eigenvalue weighted by Crippen LogP contribution is 2.21. The number of hydrogen-bond donors (Lipinski definition) is 3. The normalized spacial score (nSPS) is 12.4.